The van der Waals surface area contributed by atoms with Crippen LogP contribution >= 0.6 is 0 Å². The minimum absolute atomic E-state index is 0.0867. The molecule has 1 aromatic carbocycles. The fourth-order valence-electron chi connectivity index (χ4n) is 4.88. The lowest BCUT2D eigenvalue weighted by Crippen LogP contribution is -2.67. The Bertz CT molecular complexity index is 613. The van der Waals surface area contributed by atoms with Gasteiger partial charge in [0.2, 0.25) is 0 Å². The number of amides is 1. The second-order valence-corrected chi connectivity index (χ2v) is 8.01. The van der Waals surface area contributed by atoms with Crippen molar-refractivity contribution < 1.29 is 4.79 Å². The zero-order valence-corrected chi connectivity index (χ0v) is 14.9. The van der Waals surface area contributed by atoms with Crippen LogP contribution in [0.1, 0.15) is 55.8 Å². The predicted octanol–water partition coefficient (Wildman–Crippen LogP) is 3.24. The minimum Gasteiger partial charge on any atom is -0.351 e. The van der Waals surface area contributed by atoms with Gasteiger partial charge in [0, 0.05) is 39.0 Å². The number of anilines is 1. The van der Waals surface area contributed by atoms with Gasteiger partial charge >= 0.3 is 0 Å². The van der Waals surface area contributed by atoms with Crippen molar-refractivity contribution >= 4 is 11.6 Å². The Kier molecular flexibility index (Phi) is 4.03. The van der Waals surface area contributed by atoms with Gasteiger partial charge in [-0.15, -0.1) is 0 Å². The molecule has 130 valence electrons. The van der Waals surface area contributed by atoms with E-state index in [1.54, 1.807) is 0 Å². The third-order valence-electron chi connectivity index (χ3n) is 6.63. The predicted molar refractivity (Wildman–Crippen MR) is 97.3 cm³/mol. The van der Waals surface area contributed by atoms with Crippen molar-refractivity contribution in [2.24, 2.45) is 5.92 Å². The van der Waals surface area contributed by atoms with E-state index in [1.807, 2.05) is 18.2 Å². The van der Waals surface area contributed by atoms with Crippen molar-refractivity contribution in [3.63, 3.8) is 0 Å². The molecule has 4 rings (SSSR count). The standard InChI is InChI=1S/C20H29N3O/c1-15-7-9-16(10-8-15)23-13-11-20(12-14-23)21-19(24)17-5-3-4-6-18(17)22(20)2/h3-6,15-16H,7-14H2,1-2H3,(H,21,24). The van der Waals surface area contributed by atoms with Crippen LogP contribution in [0.5, 0.6) is 0 Å². The number of para-hydroxylation sites is 1. The molecule has 2 fully saturated rings. The molecule has 4 heteroatoms. The van der Waals surface area contributed by atoms with Gasteiger partial charge in [-0.3, -0.25) is 4.79 Å². The van der Waals surface area contributed by atoms with E-state index in [0.29, 0.717) is 0 Å². The minimum atomic E-state index is -0.204. The molecule has 2 aliphatic heterocycles. The number of nitrogens with zero attached hydrogens (tertiary/aromatic N) is 2. The number of hydrogen-bond acceptors (Lipinski definition) is 3. The van der Waals surface area contributed by atoms with E-state index in [1.165, 1.54) is 25.7 Å². The summed E-state index contributed by atoms with van der Waals surface area (Å²) in [6.07, 6.45) is 7.45. The highest BCUT2D eigenvalue weighted by atomic mass is 16.2. The molecule has 0 radical (unpaired) electrons. The largest absolute Gasteiger partial charge is 0.351 e. The smallest absolute Gasteiger partial charge is 0.255 e. The Balaban J connectivity index is 1.48. The summed E-state index contributed by atoms with van der Waals surface area (Å²) in [5.41, 5.74) is 1.67. The van der Waals surface area contributed by atoms with E-state index in [-0.39, 0.29) is 11.6 Å². The van der Waals surface area contributed by atoms with Gasteiger partial charge in [0.15, 0.2) is 0 Å². The summed E-state index contributed by atoms with van der Waals surface area (Å²) in [5.74, 6) is 0.987. The van der Waals surface area contributed by atoms with Crippen molar-refractivity contribution in [1.29, 1.82) is 0 Å². The summed E-state index contributed by atoms with van der Waals surface area (Å²) >= 11 is 0. The number of fused-ring (bicyclic) bond motifs is 1. The molecule has 1 N–H and O–H groups in total. The average Bonchev–Trinajstić information content (AvgIpc) is 2.61. The van der Waals surface area contributed by atoms with E-state index in [0.717, 1.165) is 49.1 Å². The molecule has 4 nitrogen and oxygen atoms in total. The second-order valence-electron chi connectivity index (χ2n) is 8.01. The Morgan fingerprint density at radius 1 is 1.08 bits per heavy atom. The molecule has 0 atom stereocenters. The fraction of sp³-hybridized carbons (Fsp3) is 0.650. The number of piperidine rings is 1. The summed E-state index contributed by atoms with van der Waals surface area (Å²) < 4.78 is 0. The fourth-order valence-corrected chi connectivity index (χ4v) is 4.88. The maximum atomic E-state index is 12.6. The molecule has 1 saturated carbocycles. The number of rotatable bonds is 1. The van der Waals surface area contributed by atoms with Crippen LogP contribution < -0.4 is 10.2 Å². The zero-order chi connectivity index (χ0) is 16.7. The number of likely N-dealkylation sites (tertiary alicyclic amines) is 1. The van der Waals surface area contributed by atoms with Gasteiger partial charge in [0.1, 0.15) is 5.66 Å². The second kappa shape index (κ2) is 6.07. The number of nitrogens with one attached hydrogen (secondary N) is 1. The number of carbonyl (C=O) groups excluding carboxylic acids is 1. The van der Waals surface area contributed by atoms with E-state index >= 15 is 0 Å². The molecule has 24 heavy (non-hydrogen) atoms. The zero-order valence-electron chi connectivity index (χ0n) is 14.9. The molecule has 1 aromatic rings. The molecule has 1 amide bonds. The van der Waals surface area contributed by atoms with Gasteiger partial charge in [-0.2, -0.15) is 0 Å². The quantitative estimate of drug-likeness (QED) is 0.860. The Morgan fingerprint density at radius 2 is 1.75 bits per heavy atom. The summed E-state index contributed by atoms with van der Waals surface area (Å²) in [7, 11) is 2.14. The molecule has 0 aromatic heterocycles. The highest BCUT2D eigenvalue weighted by Gasteiger charge is 2.44. The van der Waals surface area contributed by atoms with Crippen LogP contribution in [0.25, 0.3) is 0 Å². The highest BCUT2D eigenvalue weighted by molar-refractivity contribution is 6.02. The molecule has 1 saturated heterocycles. The van der Waals surface area contributed by atoms with Gasteiger partial charge in [-0.05, 0) is 43.7 Å². The molecule has 0 unspecified atom stereocenters. The molecule has 1 aliphatic carbocycles. The van der Waals surface area contributed by atoms with Gasteiger partial charge in [0.05, 0.1) is 11.3 Å². The van der Waals surface area contributed by atoms with Crippen LogP contribution in [0.2, 0.25) is 0 Å². The topological polar surface area (TPSA) is 35.6 Å². The molecule has 3 aliphatic rings. The summed E-state index contributed by atoms with van der Waals surface area (Å²) in [6.45, 7) is 4.56. The van der Waals surface area contributed by atoms with Crippen LogP contribution in [0.3, 0.4) is 0 Å². The van der Waals surface area contributed by atoms with Crippen LogP contribution in [-0.4, -0.2) is 42.6 Å². The van der Waals surface area contributed by atoms with Crippen molar-refractivity contribution in [2.45, 2.75) is 57.2 Å². The summed E-state index contributed by atoms with van der Waals surface area (Å²) in [5, 5.41) is 3.33. The number of benzene rings is 1. The Hall–Kier alpha value is -1.55. The normalized spacial score (nSPS) is 30.1. The van der Waals surface area contributed by atoms with Crippen LogP contribution in [0, 0.1) is 5.92 Å². The van der Waals surface area contributed by atoms with Crippen molar-refractivity contribution in [3.05, 3.63) is 29.8 Å². The van der Waals surface area contributed by atoms with E-state index in [4.69, 9.17) is 0 Å². The SMILES string of the molecule is CC1CCC(N2CCC3(CC2)NC(=O)c2ccccc2N3C)CC1. The lowest BCUT2D eigenvalue weighted by molar-refractivity contribution is 0.0605. The molecule has 2 heterocycles. The molecule has 1 spiro atoms. The van der Waals surface area contributed by atoms with Gasteiger partial charge in [-0.25, -0.2) is 0 Å². The van der Waals surface area contributed by atoms with E-state index in [9.17, 15) is 4.79 Å². The van der Waals surface area contributed by atoms with Gasteiger partial charge in [-0.1, -0.05) is 19.1 Å². The van der Waals surface area contributed by atoms with Crippen molar-refractivity contribution in [1.82, 2.24) is 10.2 Å². The summed E-state index contributed by atoms with van der Waals surface area (Å²) in [4.78, 5) is 17.6. The first kappa shape index (κ1) is 15.9. The highest BCUT2D eigenvalue weighted by Crippen LogP contribution is 2.37. The van der Waals surface area contributed by atoms with Crippen molar-refractivity contribution in [3.8, 4) is 0 Å². The molecular weight excluding hydrogens is 298 g/mol. The maximum Gasteiger partial charge on any atom is 0.255 e. The third kappa shape index (κ3) is 2.61. The molecule has 0 bridgehead atoms. The number of carbonyl (C=O) groups is 1. The van der Waals surface area contributed by atoms with Gasteiger partial charge in [0.25, 0.3) is 5.91 Å². The first-order valence-corrected chi connectivity index (χ1v) is 9.48. The van der Waals surface area contributed by atoms with Crippen LogP contribution in [-0.2, 0) is 0 Å². The number of hydrogen-bond donors (Lipinski definition) is 1. The van der Waals surface area contributed by atoms with E-state index in [2.05, 4.69) is 35.2 Å². The average molecular weight is 327 g/mol. The van der Waals surface area contributed by atoms with Crippen molar-refractivity contribution in [2.75, 3.05) is 25.0 Å². The summed E-state index contributed by atoms with van der Waals surface area (Å²) in [6, 6.07) is 8.73. The third-order valence-corrected chi connectivity index (χ3v) is 6.63. The lowest BCUT2D eigenvalue weighted by atomic mass is 9.84. The Labute approximate surface area is 145 Å². The van der Waals surface area contributed by atoms with E-state index < -0.39 is 0 Å². The van der Waals surface area contributed by atoms with Crippen LogP contribution in [0.15, 0.2) is 24.3 Å². The van der Waals surface area contributed by atoms with Gasteiger partial charge < -0.3 is 15.1 Å². The maximum absolute atomic E-state index is 12.6. The van der Waals surface area contributed by atoms with Crippen LogP contribution in [0.4, 0.5) is 5.69 Å². The molecular formula is C20H29N3O. The first-order valence-electron chi connectivity index (χ1n) is 9.48. The monoisotopic (exact) mass is 327 g/mol. The Morgan fingerprint density at radius 3 is 2.46 bits per heavy atom. The first-order chi connectivity index (χ1) is 11.6. The lowest BCUT2D eigenvalue weighted by Gasteiger charge is -2.52.